The third-order valence-electron chi connectivity index (χ3n) is 16.4. The van der Waals surface area contributed by atoms with E-state index in [2.05, 4.69) is 57.5 Å². The fourth-order valence-electron chi connectivity index (χ4n) is 11.1. The summed E-state index contributed by atoms with van der Waals surface area (Å²) in [5, 5.41) is 31.4. The van der Waals surface area contributed by atoms with Crippen molar-refractivity contribution in [3.8, 4) is 11.4 Å². The van der Waals surface area contributed by atoms with Crippen molar-refractivity contribution >= 4 is 91.8 Å². The quantitative estimate of drug-likeness (QED) is 0.0112. The van der Waals surface area contributed by atoms with E-state index in [0.717, 1.165) is 38.4 Å². The number of hydrogen-bond acceptors (Lipinski definition) is 15. The Hall–Kier alpha value is -10.2. The van der Waals surface area contributed by atoms with Gasteiger partial charge in [-0.3, -0.25) is 58.5 Å². The summed E-state index contributed by atoms with van der Waals surface area (Å²) in [4.78, 5) is 141. The van der Waals surface area contributed by atoms with Crippen LogP contribution in [0.25, 0.3) is 44.2 Å². The Labute approximate surface area is 558 Å². The molecule has 0 spiro atoms. The lowest BCUT2D eigenvalue weighted by Gasteiger charge is -2.27. The van der Waals surface area contributed by atoms with Gasteiger partial charge in [0, 0.05) is 66.5 Å². The molecule has 0 aliphatic heterocycles. The van der Waals surface area contributed by atoms with E-state index in [0.29, 0.717) is 106 Å². The number of carbonyl (C=O) groups is 9. The maximum absolute atomic E-state index is 14.5. The maximum atomic E-state index is 14.5. The molecule has 26 heteroatoms. The molecule has 7 rings (SSSR count). The van der Waals surface area contributed by atoms with Gasteiger partial charge in [-0.2, -0.15) is 0 Å². The number of nitrogens with zero attached hydrogens (tertiary/aromatic N) is 3. The molecule has 0 bridgehead atoms. The zero-order chi connectivity index (χ0) is 68.9. The third kappa shape index (κ3) is 22.2. The number of pyridine rings is 2. The molecule has 0 saturated carbocycles. The molecule has 3 heterocycles. The first-order valence-electron chi connectivity index (χ1n) is 32.9. The number of aromatic nitrogens is 4. The molecule has 6 unspecified atom stereocenters. The van der Waals surface area contributed by atoms with Gasteiger partial charge in [0.25, 0.3) is 5.91 Å². The lowest BCUT2D eigenvalue weighted by molar-refractivity contribution is -0.135. The van der Waals surface area contributed by atoms with Crippen molar-refractivity contribution in [3.05, 3.63) is 138 Å². The van der Waals surface area contributed by atoms with Gasteiger partial charge in [0.1, 0.15) is 42.1 Å². The summed E-state index contributed by atoms with van der Waals surface area (Å²) >= 11 is 0. The van der Waals surface area contributed by atoms with Crippen molar-refractivity contribution < 1.29 is 43.2 Å². The minimum Gasteiger partial charge on any atom is -0.388 e. The Balaban J connectivity index is 0.909. The second-order valence-corrected chi connectivity index (χ2v) is 24.2. The second-order valence-electron chi connectivity index (χ2n) is 24.2. The smallest absolute Gasteiger partial charge is 0.251 e. The number of H-pyrrole nitrogens is 1. The van der Waals surface area contributed by atoms with Crippen molar-refractivity contribution in [3.63, 3.8) is 0 Å². The number of amides is 9. The molecule has 18 N–H and O–H groups in total. The number of hydrogen-bond donors (Lipinski definition) is 14. The topological polar surface area (TPSA) is 432 Å². The number of aromatic amines is 1. The summed E-state index contributed by atoms with van der Waals surface area (Å²) in [6.45, 7) is 3.86. The van der Waals surface area contributed by atoms with Crippen molar-refractivity contribution in [2.24, 2.45) is 28.9 Å². The molecular weight excluding hydrogens is 1220 g/mol. The monoisotopic (exact) mass is 1310 g/mol. The predicted molar refractivity (Wildman–Crippen MR) is 368 cm³/mol. The van der Waals surface area contributed by atoms with Crippen LogP contribution in [0, 0.1) is 11.3 Å². The van der Waals surface area contributed by atoms with E-state index < -0.39 is 90.1 Å². The number of imidazole rings is 1. The first kappa shape index (κ1) is 73.2. The highest BCUT2D eigenvalue weighted by Crippen LogP contribution is 2.33. The molecule has 4 aromatic carbocycles. The minimum atomic E-state index is -1.29. The van der Waals surface area contributed by atoms with Crippen LogP contribution in [0.15, 0.2) is 122 Å². The molecule has 0 radical (unpaired) electrons. The van der Waals surface area contributed by atoms with Crippen molar-refractivity contribution in [2.75, 3.05) is 26.2 Å². The summed E-state index contributed by atoms with van der Waals surface area (Å²) < 4.78 is 0. The summed E-state index contributed by atoms with van der Waals surface area (Å²) in [5.41, 5.74) is 28.5. The Kier molecular flexibility index (Phi) is 28.7. The summed E-state index contributed by atoms with van der Waals surface area (Å²) in [5.74, 6) is -5.48. The van der Waals surface area contributed by atoms with E-state index in [1.165, 1.54) is 0 Å². The first-order valence-corrected chi connectivity index (χ1v) is 32.9. The molecule has 6 atom stereocenters. The highest BCUT2D eigenvalue weighted by Gasteiger charge is 2.33. The largest absolute Gasteiger partial charge is 0.388 e. The number of amidine groups is 1. The van der Waals surface area contributed by atoms with Crippen LogP contribution < -0.4 is 65.5 Å². The van der Waals surface area contributed by atoms with Gasteiger partial charge in [0.2, 0.25) is 47.3 Å². The van der Waals surface area contributed by atoms with Gasteiger partial charge in [0.05, 0.1) is 34.4 Å². The molecule has 0 fully saturated rings. The zero-order valence-electron chi connectivity index (χ0n) is 54.6. The van der Waals surface area contributed by atoms with Crippen LogP contribution in [0.4, 0.5) is 0 Å². The average molecular weight is 1310 g/mol. The van der Waals surface area contributed by atoms with Gasteiger partial charge in [-0.05, 0) is 131 Å². The predicted octanol–water partition coefficient (Wildman–Crippen LogP) is 4.02. The molecule has 9 amide bonds. The van der Waals surface area contributed by atoms with Crippen LogP contribution in [-0.4, -0.2) is 141 Å². The molecule has 7 aromatic rings. The summed E-state index contributed by atoms with van der Waals surface area (Å²) in [6, 6.07) is 25.5. The molecule has 3 aromatic heterocycles. The molecule has 0 aliphatic rings. The van der Waals surface area contributed by atoms with E-state index in [1.54, 1.807) is 99.0 Å². The van der Waals surface area contributed by atoms with E-state index >= 15 is 0 Å². The molecular formula is C70H91N17O9. The zero-order valence-corrected chi connectivity index (χ0v) is 54.6. The number of primary amides is 1. The van der Waals surface area contributed by atoms with E-state index in [4.69, 9.17) is 33.3 Å². The maximum Gasteiger partial charge on any atom is 0.251 e. The van der Waals surface area contributed by atoms with E-state index in [-0.39, 0.29) is 56.2 Å². The first-order chi connectivity index (χ1) is 46.3. The second kappa shape index (κ2) is 37.6. The highest BCUT2D eigenvalue weighted by atomic mass is 16.2. The number of rotatable bonds is 40. The van der Waals surface area contributed by atoms with Crippen LogP contribution in [0.2, 0.25) is 0 Å². The SMILES string of the molecule is CC(C)C(NC(=O)C(CCCCN)NC(=O)CCCCCNC(=O)c1ccc(-c2nc3c4cccnc4c4ncccc4c3[nH]2)cc1)C(=O)NCC(=O)NC(Cc1ccccc1)C(=O)NC(Cc1ccccc1)C(=O)NC(CCCCN)C(=O)NC(CCCCC(=N)N)C(N)=O. The number of nitrogens with two attached hydrogens (primary N) is 4. The van der Waals surface area contributed by atoms with Crippen LogP contribution in [0.3, 0.4) is 0 Å². The van der Waals surface area contributed by atoms with Crippen LogP contribution >= 0.6 is 0 Å². The molecule has 96 heavy (non-hydrogen) atoms. The number of unbranched alkanes of at least 4 members (excludes halogenated alkanes) is 5. The molecule has 0 saturated heterocycles. The van der Waals surface area contributed by atoms with E-state index in [1.807, 2.05) is 36.4 Å². The van der Waals surface area contributed by atoms with Gasteiger partial charge in [-0.25, -0.2) is 4.98 Å². The fourth-order valence-corrected chi connectivity index (χ4v) is 11.1. The van der Waals surface area contributed by atoms with E-state index in [9.17, 15) is 43.2 Å². The summed E-state index contributed by atoms with van der Waals surface area (Å²) in [7, 11) is 0. The number of benzene rings is 4. The van der Waals surface area contributed by atoms with Gasteiger partial charge in [-0.1, -0.05) is 99.5 Å². The Morgan fingerprint density at radius 3 is 1.59 bits per heavy atom. The lowest BCUT2D eigenvalue weighted by Crippen LogP contribution is -2.59. The van der Waals surface area contributed by atoms with Gasteiger partial charge in [0.15, 0.2) is 0 Å². The van der Waals surface area contributed by atoms with Crippen molar-refractivity contribution in [1.82, 2.24) is 62.5 Å². The van der Waals surface area contributed by atoms with Crippen LogP contribution in [0.5, 0.6) is 0 Å². The average Bonchev–Trinajstić information content (AvgIpc) is 1.51. The summed E-state index contributed by atoms with van der Waals surface area (Å²) in [6.07, 6.45) is 9.01. The van der Waals surface area contributed by atoms with Gasteiger partial charge in [-0.15, -0.1) is 0 Å². The molecule has 510 valence electrons. The Morgan fingerprint density at radius 1 is 0.490 bits per heavy atom. The third-order valence-corrected chi connectivity index (χ3v) is 16.4. The molecule has 26 nitrogen and oxygen atoms in total. The van der Waals surface area contributed by atoms with Crippen LogP contribution in [-0.2, 0) is 51.2 Å². The fraction of sp³-hybridized carbons (Fsp3) is 0.414. The number of carbonyl (C=O) groups excluding carboxylic acids is 9. The highest BCUT2D eigenvalue weighted by molar-refractivity contribution is 6.21. The lowest BCUT2D eigenvalue weighted by atomic mass is 10.0. The Bertz CT molecular complexity index is 3700. The number of fused-ring (bicyclic) bond motifs is 6. The van der Waals surface area contributed by atoms with Crippen LogP contribution in [0.1, 0.15) is 125 Å². The normalized spacial score (nSPS) is 13.1. The van der Waals surface area contributed by atoms with Crippen molar-refractivity contribution in [1.29, 1.82) is 5.41 Å². The van der Waals surface area contributed by atoms with Crippen molar-refractivity contribution in [2.45, 2.75) is 153 Å². The van der Waals surface area contributed by atoms with Gasteiger partial charge >= 0.3 is 0 Å². The minimum absolute atomic E-state index is 0.0125. The standard InChI is InChI=1S/C70H91N17O9/c1-43(2)58(87-67(93)51(27-13-15-35-71)80-56(88)30-10-5-17-37-78-65(91)47-33-31-46(32-34-47)64-85-61-48-24-18-38-76-59(48)60-49(62(61)86-64)25-19-39-77-60)70(96)79-42-57(89)81-53(40-44-20-6-3-7-21-44)68(94)84-54(41-45-22-8-4-9-23-45)69(95)83-52(28-14-16-36-72)66(92)82-50(63(75)90)26-11-12-29-55(73)74/h3-4,6-9,18-25,31-34,38-39,43,50-54,58H,5,10-17,26-30,35-37,40-42,71-72H2,1-2H3,(H3,73,74)(H2,75,90)(H,78,91)(H,79,96)(H,80,88)(H,81,89)(H,82,92)(H,83,95)(H,84,94)(H,85,86)(H,87,93). The molecule has 0 aliphatic carbocycles. The Morgan fingerprint density at radius 2 is 1.00 bits per heavy atom. The van der Waals surface area contributed by atoms with Gasteiger partial charge < -0.3 is 70.5 Å². The number of nitrogens with one attached hydrogen (secondary N) is 10.